The molecule has 0 aliphatic carbocycles. The van der Waals surface area contributed by atoms with Gasteiger partial charge in [0.1, 0.15) is 12.3 Å². The van der Waals surface area contributed by atoms with Crippen molar-refractivity contribution in [1.82, 2.24) is 0 Å². The number of aromatic hydroxyl groups is 1. The zero-order chi connectivity index (χ0) is 17.5. The summed E-state index contributed by atoms with van der Waals surface area (Å²) in [6.07, 6.45) is 0. The topological polar surface area (TPSA) is 49.1 Å². The summed E-state index contributed by atoms with van der Waals surface area (Å²) in [6, 6.07) is 13.1. The molecular formula is C19H25ClN3O+. The summed E-state index contributed by atoms with van der Waals surface area (Å²) in [5.41, 5.74) is 6.53. The fourth-order valence-corrected chi connectivity index (χ4v) is 2.66. The predicted octanol–water partition coefficient (Wildman–Crippen LogP) is 3.31. The van der Waals surface area contributed by atoms with Gasteiger partial charge < -0.3 is 10.0 Å². The van der Waals surface area contributed by atoms with Gasteiger partial charge in [0.2, 0.25) is 0 Å². The molecule has 0 aromatic heterocycles. The van der Waals surface area contributed by atoms with Crippen LogP contribution in [0.5, 0.6) is 5.75 Å². The Bertz CT molecular complexity index is 712. The van der Waals surface area contributed by atoms with E-state index in [-0.39, 0.29) is 0 Å². The van der Waals surface area contributed by atoms with Crippen molar-refractivity contribution in [1.29, 1.82) is 0 Å². The normalized spacial score (nSPS) is 11.8. The Balaban J connectivity index is 2.18. The minimum atomic E-state index is 0.338. The van der Waals surface area contributed by atoms with Crippen molar-refractivity contribution >= 4 is 23.0 Å². The first kappa shape index (κ1) is 18.3. The van der Waals surface area contributed by atoms with Crippen molar-refractivity contribution in [3.63, 3.8) is 0 Å². The van der Waals surface area contributed by atoms with Crippen LogP contribution < -0.4 is 10.3 Å². The van der Waals surface area contributed by atoms with Gasteiger partial charge in [0.25, 0.3) is 0 Å². The Morgan fingerprint density at radius 1 is 1.17 bits per heavy atom. The molecule has 0 aliphatic heterocycles. The molecule has 0 radical (unpaired) electrons. The minimum Gasteiger partial charge on any atom is -0.507 e. The minimum absolute atomic E-state index is 0.338. The maximum atomic E-state index is 10.1. The standard InChI is InChI=1S/C19H24ClN3O/c1-4-23(5-2)13-16-12-15(10-11-19(16)24)14(3)21-22-18-9-7-6-8-17(18)20/h6-12,22,24H,4-5,13H2,1-3H3/p+1/b21-14+. The fourth-order valence-electron chi connectivity index (χ4n) is 2.48. The number of anilines is 1. The lowest BCUT2D eigenvalue weighted by molar-refractivity contribution is -0.910. The molecule has 0 fully saturated rings. The van der Waals surface area contributed by atoms with Crippen molar-refractivity contribution in [3.05, 3.63) is 58.6 Å². The van der Waals surface area contributed by atoms with Crippen molar-refractivity contribution in [3.8, 4) is 5.75 Å². The molecule has 0 heterocycles. The number of rotatable bonds is 7. The van der Waals surface area contributed by atoms with E-state index < -0.39 is 0 Å². The van der Waals surface area contributed by atoms with E-state index in [1.54, 1.807) is 6.07 Å². The molecule has 0 saturated carbocycles. The van der Waals surface area contributed by atoms with Crippen LogP contribution in [0.25, 0.3) is 0 Å². The average molecular weight is 347 g/mol. The second-order valence-corrected chi connectivity index (χ2v) is 6.17. The smallest absolute Gasteiger partial charge is 0.124 e. The molecule has 0 unspecified atom stereocenters. The third kappa shape index (κ3) is 4.73. The number of phenols is 1. The Kier molecular flexibility index (Phi) is 6.64. The molecule has 0 saturated heterocycles. The lowest BCUT2D eigenvalue weighted by Gasteiger charge is -2.16. The molecule has 0 bridgehead atoms. The molecule has 2 rings (SSSR count). The molecule has 4 nitrogen and oxygen atoms in total. The second kappa shape index (κ2) is 8.71. The van der Waals surface area contributed by atoms with Crippen LogP contribution in [0.4, 0.5) is 5.69 Å². The number of quaternary nitrogens is 1. The van der Waals surface area contributed by atoms with E-state index in [2.05, 4.69) is 24.4 Å². The zero-order valence-electron chi connectivity index (χ0n) is 14.4. The Morgan fingerprint density at radius 2 is 1.88 bits per heavy atom. The molecule has 0 amide bonds. The summed E-state index contributed by atoms with van der Waals surface area (Å²) in [7, 11) is 0. The quantitative estimate of drug-likeness (QED) is 0.532. The first-order valence-electron chi connectivity index (χ1n) is 8.25. The van der Waals surface area contributed by atoms with E-state index in [0.717, 1.165) is 42.2 Å². The summed E-state index contributed by atoms with van der Waals surface area (Å²) in [5.74, 6) is 0.338. The largest absolute Gasteiger partial charge is 0.507 e. The van der Waals surface area contributed by atoms with Crippen LogP contribution in [0, 0.1) is 0 Å². The van der Waals surface area contributed by atoms with Crippen LogP contribution in [0.2, 0.25) is 5.02 Å². The summed E-state index contributed by atoms with van der Waals surface area (Å²) < 4.78 is 0. The number of hydrazone groups is 1. The molecule has 128 valence electrons. The van der Waals surface area contributed by atoms with Gasteiger partial charge in [-0.3, -0.25) is 5.43 Å². The lowest BCUT2D eigenvalue weighted by atomic mass is 10.1. The van der Waals surface area contributed by atoms with E-state index in [1.807, 2.05) is 43.3 Å². The maximum absolute atomic E-state index is 10.1. The van der Waals surface area contributed by atoms with Crippen LogP contribution in [-0.4, -0.2) is 23.9 Å². The molecule has 2 aromatic carbocycles. The van der Waals surface area contributed by atoms with Gasteiger partial charge in [-0.2, -0.15) is 5.10 Å². The van der Waals surface area contributed by atoms with Crippen molar-refractivity contribution in [2.75, 3.05) is 18.5 Å². The molecule has 0 aliphatic rings. The summed E-state index contributed by atoms with van der Waals surface area (Å²) in [4.78, 5) is 1.42. The van der Waals surface area contributed by atoms with Gasteiger partial charge in [-0.05, 0) is 56.7 Å². The first-order valence-corrected chi connectivity index (χ1v) is 8.63. The molecule has 5 heteroatoms. The highest BCUT2D eigenvalue weighted by Crippen LogP contribution is 2.21. The van der Waals surface area contributed by atoms with Crippen molar-refractivity contribution in [2.45, 2.75) is 27.3 Å². The highest BCUT2D eigenvalue weighted by molar-refractivity contribution is 6.33. The highest BCUT2D eigenvalue weighted by Gasteiger charge is 2.11. The Hall–Kier alpha value is -2.04. The predicted molar refractivity (Wildman–Crippen MR) is 101 cm³/mol. The van der Waals surface area contributed by atoms with Gasteiger partial charge in [-0.25, -0.2) is 0 Å². The molecule has 2 aromatic rings. The average Bonchev–Trinajstić information content (AvgIpc) is 2.60. The van der Waals surface area contributed by atoms with Gasteiger partial charge in [0.05, 0.1) is 29.5 Å². The van der Waals surface area contributed by atoms with Crippen LogP contribution >= 0.6 is 11.6 Å². The van der Waals surface area contributed by atoms with E-state index >= 15 is 0 Å². The molecule has 0 atom stereocenters. The number of para-hydroxylation sites is 1. The zero-order valence-corrected chi connectivity index (χ0v) is 15.2. The highest BCUT2D eigenvalue weighted by atomic mass is 35.5. The van der Waals surface area contributed by atoms with Crippen LogP contribution in [0.3, 0.4) is 0 Å². The molecule has 24 heavy (non-hydrogen) atoms. The van der Waals surface area contributed by atoms with E-state index in [4.69, 9.17) is 11.6 Å². The fraction of sp³-hybridized carbons (Fsp3) is 0.316. The van der Waals surface area contributed by atoms with Crippen LogP contribution in [0.1, 0.15) is 31.9 Å². The van der Waals surface area contributed by atoms with E-state index in [0.29, 0.717) is 10.8 Å². The SMILES string of the molecule is CC[NH+](CC)Cc1cc(/C(C)=N/Nc2ccccc2Cl)ccc1O. The monoisotopic (exact) mass is 346 g/mol. The number of nitrogens with one attached hydrogen (secondary N) is 2. The summed E-state index contributed by atoms with van der Waals surface area (Å²) in [5, 5.41) is 15.2. The molecular weight excluding hydrogens is 322 g/mol. The Labute approximate surface area is 148 Å². The number of halogens is 1. The molecule has 0 spiro atoms. The van der Waals surface area contributed by atoms with Gasteiger partial charge in [-0.1, -0.05) is 23.7 Å². The van der Waals surface area contributed by atoms with E-state index in [9.17, 15) is 5.11 Å². The van der Waals surface area contributed by atoms with Gasteiger partial charge in [0.15, 0.2) is 0 Å². The Morgan fingerprint density at radius 3 is 2.54 bits per heavy atom. The van der Waals surface area contributed by atoms with Crippen molar-refractivity contribution < 1.29 is 10.0 Å². The number of hydrogen-bond donors (Lipinski definition) is 3. The van der Waals surface area contributed by atoms with Crippen LogP contribution in [-0.2, 0) is 6.54 Å². The third-order valence-corrected chi connectivity index (χ3v) is 4.49. The maximum Gasteiger partial charge on any atom is 0.124 e. The third-order valence-electron chi connectivity index (χ3n) is 4.16. The summed E-state index contributed by atoms with van der Waals surface area (Å²) >= 11 is 6.12. The number of nitrogens with zero attached hydrogens (tertiary/aromatic N) is 1. The van der Waals surface area contributed by atoms with Crippen LogP contribution in [0.15, 0.2) is 47.6 Å². The second-order valence-electron chi connectivity index (χ2n) is 5.77. The molecule has 3 N–H and O–H groups in total. The number of benzene rings is 2. The van der Waals surface area contributed by atoms with Gasteiger partial charge >= 0.3 is 0 Å². The summed E-state index contributed by atoms with van der Waals surface area (Å²) in [6.45, 7) is 9.10. The van der Waals surface area contributed by atoms with Gasteiger partial charge in [-0.15, -0.1) is 0 Å². The van der Waals surface area contributed by atoms with Crippen molar-refractivity contribution in [2.24, 2.45) is 5.10 Å². The van der Waals surface area contributed by atoms with Gasteiger partial charge in [0, 0.05) is 5.56 Å². The number of phenolic OH excluding ortho intramolecular Hbond substituents is 1. The van der Waals surface area contributed by atoms with E-state index in [1.165, 1.54) is 4.90 Å². The number of hydrogen-bond acceptors (Lipinski definition) is 3. The lowest BCUT2D eigenvalue weighted by Crippen LogP contribution is -3.10. The first-order chi connectivity index (χ1) is 11.5.